The zero-order valence-electron chi connectivity index (χ0n) is 13.0. The Bertz CT molecular complexity index is 706. The maximum absolute atomic E-state index is 5.98. The maximum Gasteiger partial charge on any atom is 0.162 e. The Morgan fingerprint density at radius 1 is 1.09 bits per heavy atom. The average molecular weight is 352 g/mol. The quantitative estimate of drug-likeness (QED) is 0.608. The summed E-state index contributed by atoms with van der Waals surface area (Å²) in [5, 5.41) is 0.716. The van der Waals surface area contributed by atoms with Crippen molar-refractivity contribution >= 4 is 28.8 Å². The van der Waals surface area contributed by atoms with Gasteiger partial charge in [0.1, 0.15) is 24.0 Å². The van der Waals surface area contributed by atoms with Crippen LogP contribution in [0.1, 0.15) is 11.1 Å². The summed E-state index contributed by atoms with van der Waals surface area (Å²) in [6, 6.07) is 10.8. The highest BCUT2D eigenvalue weighted by Gasteiger charge is 2.07. The van der Waals surface area contributed by atoms with Gasteiger partial charge in [0.05, 0.1) is 7.11 Å². The zero-order chi connectivity index (χ0) is 16.8. The van der Waals surface area contributed by atoms with E-state index < -0.39 is 0 Å². The van der Waals surface area contributed by atoms with Gasteiger partial charge in [-0.15, -0.1) is 0 Å². The predicted molar refractivity (Wildman–Crippen MR) is 96.1 cm³/mol. The molecule has 4 nitrogen and oxygen atoms in total. The molecule has 6 heteroatoms. The summed E-state index contributed by atoms with van der Waals surface area (Å²) in [7, 11) is 1.58. The molecule has 2 aromatic rings. The Morgan fingerprint density at radius 2 is 1.83 bits per heavy atom. The maximum atomic E-state index is 5.98. The second-order valence-corrected chi connectivity index (χ2v) is 5.68. The van der Waals surface area contributed by atoms with Crippen LogP contribution in [0.5, 0.6) is 17.2 Å². The normalized spacial score (nSPS) is 10.2. The number of hydrogen-bond acceptors (Lipinski definition) is 4. The molecule has 2 N–H and O–H groups in total. The van der Waals surface area contributed by atoms with Gasteiger partial charge in [0, 0.05) is 10.6 Å². The van der Waals surface area contributed by atoms with E-state index in [9.17, 15) is 0 Å². The number of nitrogens with two attached hydrogens (primary N) is 1. The third-order valence-electron chi connectivity index (χ3n) is 3.19. The van der Waals surface area contributed by atoms with E-state index in [1.165, 1.54) is 0 Å². The topological polar surface area (TPSA) is 53.7 Å². The van der Waals surface area contributed by atoms with Crippen LogP contribution in [-0.4, -0.2) is 25.3 Å². The minimum absolute atomic E-state index is 0.311. The number of ether oxygens (including phenoxy) is 3. The van der Waals surface area contributed by atoms with Gasteiger partial charge in [0.25, 0.3) is 0 Å². The van der Waals surface area contributed by atoms with Gasteiger partial charge in [0.2, 0.25) is 0 Å². The lowest BCUT2D eigenvalue weighted by atomic mass is 10.2. The van der Waals surface area contributed by atoms with E-state index in [1.807, 2.05) is 25.1 Å². The summed E-state index contributed by atoms with van der Waals surface area (Å²) < 4.78 is 16.6. The van der Waals surface area contributed by atoms with Crippen LogP contribution in [0.25, 0.3) is 0 Å². The lowest BCUT2D eigenvalue weighted by molar-refractivity contribution is 0.211. The van der Waals surface area contributed by atoms with Crippen molar-refractivity contribution < 1.29 is 14.2 Å². The van der Waals surface area contributed by atoms with E-state index in [-0.39, 0.29) is 0 Å². The summed E-state index contributed by atoms with van der Waals surface area (Å²) in [6.45, 7) is 2.68. The fraction of sp³-hybridized carbons (Fsp3) is 0.235. The smallest absolute Gasteiger partial charge is 0.162 e. The summed E-state index contributed by atoms with van der Waals surface area (Å²) in [4.78, 5) is 0.311. The molecule has 0 aliphatic carbocycles. The molecule has 2 rings (SSSR count). The van der Waals surface area contributed by atoms with E-state index in [4.69, 9.17) is 43.8 Å². The minimum Gasteiger partial charge on any atom is -0.493 e. The second-order valence-electron chi connectivity index (χ2n) is 4.84. The van der Waals surface area contributed by atoms with E-state index >= 15 is 0 Å². The fourth-order valence-electron chi connectivity index (χ4n) is 1.96. The van der Waals surface area contributed by atoms with Crippen molar-refractivity contribution in [2.75, 3.05) is 20.3 Å². The van der Waals surface area contributed by atoms with Crippen LogP contribution >= 0.6 is 23.8 Å². The Morgan fingerprint density at radius 3 is 2.48 bits per heavy atom. The van der Waals surface area contributed by atoms with Gasteiger partial charge in [0.15, 0.2) is 11.5 Å². The van der Waals surface area contributed by atoms with Crippen LogP contribution < -0.4 is 19.9 Å². The van der Waals surface area contributed by atoms with Gasteiger partial charge in [-0.05, 0) is 48.9 Å². The molecule has 0 fully saturated rings. The van der Waals surface area contributed by atoms with Crippen molar-refractivity contribution in [3.8, 4) is 17.2 Å². The van der Waals surface area contributed by atoms with Crippen molar-refractivity contribution in [3.05, 3.63) is 52.5 Å². The Kier molecular flexibility index (Phi) is 6.07. The third kappa shape index (κ3) is 4.74. The molecule has 0 spiro atoms. The highest BCUT2D eigenvalue weighted by molar-refractivity contribution is 7.80. The van der Waals surface area contributed by atoms with Crippen LogP contribution in [-0.2, 0) is 0 Å². The molecule has 0 aromatic heterocycles. The molecule has 23 heavy (non-hydrogen) atoms. The summed E-state index contributed by atoms with van der Waals surface area (Å²) in [5.74, 6) is 1.94. The molecule has 0 saturated carbocycles. The van der Waals surface area contributed by atoms with E-state index in [1.54, 1.807) is 25.3 Å². The molecule has 0 saturated heterocycles. The first-order valence-corrected chi connectivity index (χ1v) is 7.79. The molecule has 122 valence electrons. The highest BCUT2D eigenvalue weighted by atomic mass is 35.5. The van der Waals surface area contributed by atoms with Crippen LogP contribution in [0.2, 0.25) is 5.02 Å². The third-order valence-corrected chi connectivity index (χ3v) is 3.85. The highest BCUT2D eigenvalue weighted by Crippen LogP contribution is 2.28. The molecule has 0 aliphatic heterocycles. The van der Waals surface area contributed by atoms with Crippen LogP contribution in [0.15, 0.2) is 36.4 Å². The molecule has 0 aliphatic rings. The molecule has 0 unspecified atom stereocenters. The number of rotatable bonds is 7. The first-order valence-electron chi connectivity index (χ1n) is 7.01. The Hall–Kier alpha value is -1.98. The predicted octanol–water partition coefficient (Wildman–Crippen LogP) is 3.75. The van der Waals surface area contributed by atoms with Gasteiger partial charge in [-0.25, -0.2) is 0 Å². The Balaban J connectivity index is 1.94. The molecule has 0 bridgehead atoms. The number of methoxy groups -OCH3 is 1. The van der Waals surface area contributed by atoms with Gasteiger partial charge in [-0.2, -0.15) is 0 Å². The van der Waals surface area contributed by atoms with Gasteiger partial charge >= 0.3 is 0 Å². The summed E-state index contributed by atoms with van der Waals surface area (Å²) in [6.07, 6.45) is 0. The van der Waals surface area contributed by atoms with Gasteiger partial charge in [-0.3, -0.25) is 0 Å². The standard InChI is InChI=1S/C17H18ClNO3S/c1-11-9-13(4-5-14(11)18)21-7-8-22-16-10-12(17(19)23)3-6-15(16)20-2/h3-6,9-10H,7-8H2,1-2H3,(H2,19,23). The summed E-state index contributed by atoms with van der Waals surface area (Å²) in [5.41, 5.74) is 7.33. The van der Waals surface area contributed by atoms with Crippen molar-refractivity contribution in [3.63, 3.8) is 0 Å². The number of thiocarbonyl (C=S) groups is 1. The largest absolute Gasteiger partial charge is 0.493 e. The lowest BCUT2D eigenvalue weighted by Gasteiger charge is -2.13. The fourth-order valence-corrected chi connectivity index (χ4v) is 2.21. The zero-order valence-corrected chi connectivity index (χ0v) is 14.5. The van der Waals surface area contributed by atoms with Crippen molar-refractivity contribution in [2.24, 2.45) is 5.73 Å². The molecule has 0 heterocycles. The van der Waals surface area contributed by atoms with Crippen molar-refractivity contribution in [1.82, 2.24) is 0 Å². The molecular weight excluding hydrogens is 334 g/mol. The van der Waals surface area contributed by atoms with E-state index in [0.717, 1.165) is 16.9 Å². The number of benzene rings is 2. The van der Waals surface area contributed by atoms with Crippen molar-refractivity contribution in [1.29, 1.82) is 0 Å². The SMILES string of the molecule is COc1ccc(C(N)=S)cc1OCCOc1ccc(Cl)c(C)c1. The van der Waals surface area contributed by atoms with E-state index in [0.29, 0.717) is 34.7 Å². The second kappa shape index (κ2) is 8.04. The van der Waals surface area contributed by atoms with Crippen LogP contribution in [0.3, 0.4) is 0 Å². The van der Waals surface area contributed by atoms with E-state index in [2.05, 4.69) is 0 Å². The monoisotopic (exact) mass is 351 g/mol. The first-order chi connectivity index (χ1) is 11.0. The number of aryl methyl sites for hydroxylation is 1. The molecule has 0 amide bonds. The Labute approximate surface area is 146 Å². The molecular formula is C17H18ClNO3S. The molecule has 0 atom stereocenters. The molecule has 2 aromatic carbocycles. The first kappa shape index (κ1) is 17.4. The number of halogens is 1. The summed E-state index contributed by atoms with van der Waals surface area (Å²) >= 11 is 10.9. The molecule has 0 radical (unpaired) electrons. The number of hydrogen-bond donors (Lipinski definition) is 1. The minimum atomic E-state index is 0.311. The average Bonchev–Trinajstić information content (AvgIpc) is 2.54. The van der Waals surface area contributed by atoms with Crippen molar-refractivity contribution in [2.45, 2.75) is 6.92 Å². The van der Waals surface area contributed by atoms with Crippen LogP contribution in [0, 0.1) is 6.92 Å². The van der Waals surface area contributed by atoms with Crippen LogP contribution in [0.4, 0.5) is 0 Å². The van der Waals surface area contributed by atoms with Gasteiger partial charge in [-0.1, -0.05) is 23.8 Å². The van der Waals surface area contributed by atoms with Gasteiger partial charge < -0.3 is 19.9 Å². The lowest BCUT2D eigenvalue weighted by Crippen LogP contribution is -2.12.